The number of carbonyl (C=O) groups is 1. The molecule has 0 spiro atoms. The van der Waals surface area contributed by atoms with Crippen LogP contribution < -0.4 is 4.74 Å². The third-order valence-electron chi connectivity index (χ3n) is 2.38. The van der Waals surface area contributed by atoms with Gasteiger partial charge in [-0.05, 0) is 19.1 Å². The monoisotopic (exact) mass is 219 g/mol. The summed E-state index contributed by atoms with van der Waals surface area (Å²) in [5, 5.41) is 0.847. The molecule has 0 aliphatic heterocycles. The molecule has 1 heterocycles. The van der Waals surface area contributed by atoms with Crippen LogP contribution in [0.1, 0.15) is 17.3 Å². The van der Waals surface area contributed by atoms with Crippen molar-refractivity contribution in [1.29, 1.82) is 0 Å². The molecule has 0 amide bonds. The third kappa shape index (κ3) is 1.74. The molecule has 1 aromatic carbocycles. The number of rotatable bonds is 3. The second-order valence-corrected chi connectivity index (χ2v) is 3.33. The van der Waals surface area contributed by atoms with Crippen molar-refractivity contribution in [2.45, 2.75) is 6.92 Å². The smallest absolute Gasteiger partial charge is 0.340 e. The average Bonchev–Trinajstić information content (AvgIpc) is 2.71. The van der Waals surface area contributed by atoms with Crippen LogP contribution in [-0.4, -0.2) is 24.7 Å². The lowest BCUT2D eigenvalue weighted by atomic mass is 10.2. The minimum atomic E-state index is -0.307. The van der Waals surface area contributed by atoms with Gasteiger partial charge in [-0.1, -0.05) is 0 Å². The summed E-state index contributed by atoms with van der Waals surface area (Å²) < 4.78 is 10.1. The highest BCUT2D eigenvalue weighted by Crippen LogP contribution is 2.23. The van der Waals surface area contributed by atoms with Gasteiger partial charge in [0.1, 0.15) is 5.75 Å². The van der Waals surface area contributed by atoms with Crippen molar-refractivity contribution < 1.29 is 14.3 Å². The molecule has 2 aromatic rings. The van der Waals surface area contributed by atoms with Crippen LogP contribution >= 0.6 is 0 Å². The van der Waals surface area contributed by atoms with Crippen LogP contribution in [-0.2, 0) is 4.74 Å². The van der Waals surface area contributed by atoms with Crippen LogP contribution in [0.25, 0.3) is 10.9 Å². The Morgan fingerprint density at radius 2 is 2.25 bits per heavy atom. The quantitative estimate of drug-likeness (QED) is 0.806. The van der Waals surface area contributed by atoms with Crippen molar-refractivity contribution in [3.8, 4) is 5.75 Å². The van der Waals surface area contributed by atoms with E-state index in [1.54, 1.807) is 20.2 Å². The average molecular weight is 219 g/mol. The fourth-order valence-corrected chi connectivity index (χ4v) is 1.61. The van der Waals surface area contributed by atoms with Crippen molar-refractivity contribution in [3.63, 3.8) is 0 Å². The molecule has 1 N–H and O–H groups in total. The molecule has 1 aromatic heterocycles. The predicted octanol–water partition coefficient (Wildman–Crippen LogP) is 2.35. The number of carbonyl (C=O) groups excluding carboxylic acids is 1. The molecule has 0 aliphatic carbocycles. The zero-order valence-corrected chi connectivity index (χ0v) is 9.24. The van der Waals surface area contributed by atoms with Crippen LogP contribution in [0.15, 0.2) is 24.4 Å². The molecule has 0 saturated heterocycles. The van der Waals surface area contributed by atoms with E-state index in [0.29, 0.717) is 12.2 Å². The van der Waals surface area contributed by atoms with Gasteiger partial charge in [-0.25, -0.2) is 4.79 Å². The molecular formula is C12H13NO3. The second kappa shape index (κ2) is 4.26. The SMILES string of the molecule is CCOC(=O)c1c[nH]c2cc(OC)ccc12. The number of fused-ring (bicyclic) bond motifs is 1. The van der Waals surface area contributed by atoms with Crippen LogP contribution in [0, 0.1) is 0 Å². The Morgan fingerprint density at radius 1 is 1.44 bits per heavy atom. The lowest BCUT2D eigenvalue weighted by molar-refractivity contribution is 0.0529. The number of ether oxygens (including phenoxy) is 2. The van der Waals surface area contributed by atoms with Gasteiger partial charge in [0.2, 0.25) is 0 Å². The Hall–Kier alpha value is -1.97. The molecule has 0 saturated carbocycles. The maximum absolute atomic E-state index is 11.6. The first-order chi connectivity index (χ1) is 7.76. The molecule has 4 heteroatoms. The fraction of sp³-hybridized carbons (Fsp3) is 0.250. The minimum absolute atomic E-state index is 0.307. The number of methoxy groups -OCH3 is 1. The highest BCUT2D eigenvalue weighted by Gasteiger charge is 2.12. The highest BCUT2D eigenvalue weighted by atomic mass is 16.5. The molecule has 0 unspecified atom stereocenters. The van der Waals surface area contributed by atoms with E-state index in [4.69, 9.17) is 9.47 Å². The van der Waals surface area contributed by atoms with E-state index < -0.39 is 0 Å². The van der Waals surface area contributed by atoms with Gasteiger partial charge < -0.3 is 14.5 Å². The lowest BCUT2D eigenvalue weighted by Crippen LogP contribution is -2.03. The summed E-state index contributed by atoms with van der Waals surface area (Å²) in [7, 11) is 1.61. The van der Waals surface area contributed by atoms with Crippen LogP contribution in [0.4, 0.5) is 0 Å². The Labute approximate surface area is 93.2 Å². The van der Waals surface area contributed by atoms with Crippen molar-refractivity contribution in [3.05, 3.63) is 30.0 Å². The molecule has 0 bridgehead atoms. The van der Waals surface area contributed by atoms with Crippen LogP contribution in [0.5, 0.6) is 5.75 Å². The first-order valence-corrected chi connectivity index (χ1v) is 5.08. The van der Waals surface area contributed by atoms with E-state index in [9.17, 15) is 4.79 Å². The largest absolute Gasteiger partial charge is 0.497 e. The molecule has 0 radical (unpaired) electrons. The number of esters is 1. The van der Waals surface area contributed by atoms with Crippen LogP contribution in [0.2, 0.25) is 0 Å². The predicted molar refractivity (Wildman–Crippen MR) is 60.8 cm³/mol. The van der Waals surface area contributed by atoms with Gasteiger partial charge in [0, 0.05) is 23.2 Å². The van der Waals surface area contributed by atoms with Gasteiger partial charge in [0.05, 0.1) is 19.3 Å². The van der Waals surface area contributed by atoms with Crippen molar-refractivity contribution >= 4 is 16.9 Å². The van der Waals surface area contributed by atoms with Gasteiger partial charge in [-0.2, -0.15) is 0 Å². The van der Waals surface area contributed by atoms with E-state index in [-0.39, 0.29) is 5.97 Å². The Kier molecular flexibility index (Phi) is 2.81. The number of H-pyrrole nitrogens is 1. The maximum atomic E-state index is 11.6. The van der Waals surface area contributed by atoms with E-state index in [1.165, 1.54) is 0 Å². The third-order valence-corrected chi connectivity index (χ3v) is 2.38. The molecule has 84 valence electrons. The standard InChI is InChI=1S/C12H13NO3/c1-3-16-12(14)10-7-13-11-6-8(15-2)4-5-9(10)11/h4-7,13H,3H2,1-2H3. The summed E-state index contributed by atoms with van der Waals surface area (Å²) in [4.78, 5) is 14.6. The summed E-state index contributed by atoms with van der Waals surface area (Å²) in [6.07, 6.45) is 1.65. The Balaban J connectivity index is 2.45. The zero-order chi connectivity index (χ0) is 11.5. The van der Waals surface area contributed by atoms with E-state index in [0.717, 1.165) is 16.7 Å². The molecule has 2 rings (SSSR count). The topological polar surface area (TPSA) is 51.3 Å². The van der Waals surface area contributed by atoms with E-state index in [1.807, 2.05) is 18.2 Å². The summed E-state index contributed by atoms with van der Waals surface area (Å²) >= 11 is 0. The lowest BCUT2D eigenvalue weighted by Gasteiger charge is -2.01. The van der Waals surface area contributed by atoms with E-state index >= 15 is 0 Å². The summed E-state index contributed by atoms with van der Waals surface area (Å²) in [5.41, 5.74) is 1.42. The minimum Gasteiger partial charge on any atom is -0.497 e. The fourth-order valence-electron chi connectivity index (χ4n) is 1.61. The zero-order valence-electron chi connectivity index (χ0n) is 9.24. The number of aromatic nitrogens is 1. The van der Waals surface area contributed by atoms with Gasteiger partial charge in [-0.15, -0.1) is 0 Å². The molecule has 4 nitrogen and oxygen atoms in total. The maximum Gasteiger partial charge on any atom is 0.340 e. The van der Waals surface area contributed by atoms with Gasteiger partial charge in [0.15, 0.2) is 0 Å². The number of aromatic amines is 1. The van der Waals surface area contributed by atoms with Crippen molar-refractivity contribution in [2.75, 3.05) is 13.7 Å². The molecule has 0 aliphatic rings. The molecule has 0 atom stereocenters. The van der Waals surface area contributed by atoms with Crippen LogP contribution in [0.3, 0.4) is 0 Å². The first kappa shape index (κ1) is 10.5. The van der Waals surface area contributed by atoms with Crippen molar-refractivity contribution in [2.24, 2.45) is 0 Å². The highest BCUT2D eigenvalue weighted by molar-refractivity contribution is 6.04. The second-order valence-electron chi connectivity index (χ2n) is 3.33. The number of nitrogens with one attached hydrogen (secondary N) is 1. The van der Waals surface area contributed by atoms with Gasteiger partial charge in [0.25, 0.3) is 0 Å². The number of hydrogen-bond donors (Lipinski definition) is 1. The Morgan fingerprint density at radius 3 is 2.94 bits per heavy atom. The van der Waals surface area contributed by atoms with Gasteiger partial charge >= 0.3 is 5.97 Å². The normalized spacial score (nSPS) is 10.4. The molecule has 0 fully saturated rings. The first-order valence-electron chi connectivity index (χ1n) is 5.08. The number of hydrogen-bond acceptors (Lipinski definition) is 3. The summed E-state index contributed by atoms with van der Waals surface area (Å²) in [6, 6.07) is 5.51. The Bertz CT molecular complexity index is 516. The summed E-state index contributed by atoms with van der Waals surface area (Å²) in [6.45, 7) is 2.16. The van der Waals surface area contributed by atoms with Gasteiger partial charge in [-0.3, -0.25) is 0 Å². The van der Waals surface area contributed by atoms with Crippen molar-refractivity contribution in [1.82, 2.24) is 4.98 Å². The number of benzene rings is 1. The molecule has 16 heavy (non-hydrogen) atoms. The summed E-state index contributed by atoms with van der Waals surface area (Å²) in [5.74, 6) is 0.448. The molecular weight excluding hydrogens is 206 g/mol. The van der Waals surface area contributed by atoms with E-state index in [2.05, 4.69) is 4.98 Å².